The molecule has 6 rings (SSSR count). The van der Waals surface area contributed by atoms with E-state index in [1.54, 1.807) is 37.2 Å². The molecule has 0 spiro atoms. The minimum absolute atomic E-state index is 0.0180. The topological polar surface area (TPSA) is 69.0 Å². The van der Waals surface area contributed by atoms with Crippen molar-refractivity contribution in [3.05, 3.63) is 60.3 Å². The molecule has 2 aromatic heterocycles. The molecule has 3 unspecified atom stereocenters. The third kappa shape index (κ3) is 3.56. The number of methoxy groups -OCH3 is 1. The number of carbonyl (C=O) groups excluding carboxylic acids is 1. The summed E-state index contributed by atoms with van der Waals surface area (Å²) in [7, 11) is 1.68. The monoisotopic (exact) mass is 472 g/mol. The number of hydrogen-bond donors (Lipinski definition) is 1. The quantitative estimate of drug-likeness (QED) is 0.597. The largest absolute Gasteiger partial charge is 0.480 e. The average Bonchev–Trinajstić information content (AvgIpc) is 3.48. The highest BCUT2D eigenvalue weighted by molar-refractivity contribution is 5.94. The zero-order chi connectivity index (χ0) is 24.2. The van der Waals surface area contributed by atoms with Gasteiger partial charge in [-0.05, 0) is 80.2 Å². The van der Waals surface area contributed by atoms with Crippen molar-refractivity contribution >= 4 is 11.6 Å². The van der Waals surface area contributed by atoms with Crippen LogP contribution in [0.5, 0.6) is 5.88 Å². The van der Waals surface area contributed by atoms with Gasteiger partial charge in [-0.15, -0.1) is 0 Å². The summed E-state index contributed by atoms with van der Waals surface area (Å²) in [5.74, 6) is 2.80. The Morgan fingerprint density at radius 1 is 1.09 bits per heavy atom. The van der Waals surface area contributed by atoms with E-state index < -0.39 is 0 Å². The maximum absolute atomic E-state index is 12.7. The molecule has 6 atom stereocenters. The van der Waals surface area contributed by atoms with Crippen molar-refractivity contribution in [2.45, 2.75) is 64.8 Å². The predicted molar refractivity (Wildman–Crippen MR) is 136 cm³/mol. The number of nitrogens with one attached hydrogen (secondary N) is 1. The van der Waals surface area contributed by atoms with Gasteiger partial charge in [-0.3, -0.25) is 9.78 Å². The lowest BCUT2D eigenvalue weighted by Gasteiger charge is -2.58. The molecule has 0 saturated heterocycles. The lowest BCUT2D eigenvalue weighted by Crippen LogP contribution is -2.51. The predicted octanol–water partition coefficient (Wildman–Crippen LogP) is 5.50. The summed E-state index contributed by atoms with van der Waals surface area (Å²) in [6, 6.07) is 3.79. The molecule has 2 aromatic rings. The van der Waals surface area contributed by atoms with Gasteiger partial charge in [0.25, 0.3) is 5.91 Å². The molecule has 4 aliphatic rings. The normalized spacial score (nSPS) is 35.7. The fraction of sp³-hybridized carbons (Fsp3) is 0.552. The third-order valence-corrected chi connectivity index (χ3v) is 9.97. The highest BCUT2D eigenvalue weighted by Gasteiger charge is 2.57. The van der Waals surface area contributed by atoms with Crippen molar-refractivity contribution in [1.82, 2.24) is 19.9 Å². The average molecular weight is 473 g/mol. The third-order valence-electron chi connectivity index (χ3n) is 9.97. The molecule has 2 saturated carbocycles. The summed E-state index contributed by atoms with van der Waals surface area (Å²) in [5.41, 5.74) is 4.11. The van der Waals surface area contributed by atoms with Gasteiger partial charge in [0.2, 0.25) is 5.88 Å². The maximum Gasteiger partial charge on any atom is 0.251 e. The van der Waals surface area contributed by atoms with E-state index >= 15 is 0 Å². The Kier molecular flexibility index (Phi) is 5.39. The summed E-state index contributed by atoms with van der Waals surface area (Å²) in [6.45, 7) is 5.00. The van der Waals surface area contributed by atoms with Crippen LogP contribution in [0.3, 0.4) is 0 Å². The standard InChI is InChI=1S/C29H36N4O2/c1-28-12-8-21(32-27(34)19-10-14-30-15-11-19)16-20(28)4-5-22-23-6-7-25(29(23,2)13-9-24(22)28)33-17-26(35-3)31-18-33/h4,7,10-11,14-15,17-18,21-24H,5-6,8-9,12-13,16H2,1-3H3,(H,32,34)/t21-,22?,23?,24?,28-,29-/m0/s1. The number of hydrogen-bond acceptors (Lipinski definition) is 4. The summed E-state index contributed by atoms with van der Waals surface area (Å²) in [6.07, 6.45) is 20.3. The van der Waals surface area contributed by atoms with Crippen molar-refractivity contribution in [1.29, 1.82) is 0 Å². The number of rotatable bonds is 4. The van der Waals surface area contributed by atoms with Crippen LogP contribution < -0.4 is 10.1 Å². The van der Waals surface area contributed by atoms with Crippen LogP contribution in [0.2, 0.25) is 0 Å². The SMILES string of the molecule is COc1cn(C2=CCC3C4CC=C5C[C@@H](NC(=O)c6ccncc6)CC[C@]5(C)C4CC[C@]23C)cn1. The molecular weight excluding hydrogens is 436 g/mol. The summed E-state index contributed by atoms with van der Waals surface area (Å²) >= 11 is 0. The van der Waals surface area contributed by atoms with Crippen LogP contribution >= 0.6 is 0 Å². The van der Waals surface area contributed by atoms with E-state index in [0.717, 1.165) is 38.0 Å². The van der Waals surface area contributed by atoms with Crippen molar-refractivity contribution in [2.75, 3.05) is 7.11 Å². The molecule has 2 heterocycles. The Balaban J connectivity index is 1.19. The van der Waals surface area contributed by atoms with Crippen LogP contribution in [0, 0.1) is 28.6 Å². The van der Waals surface area contributed by atoms with Crippen LogP contribution in [-0.4, -0.2) is 33.6 Å². The second kappa shape index (κ2) is 8.35. The van der Waals surface area contributed by atoms with E-state index in [2.05, 4.69) is 45.9 Å². The fourth-order valence-corrected chi connectivity index (χ4v) is 8.04. The van der Waals surface area contributed by atoms with Crippen molar-refractivity contribution in [3.63, 3.8) is 0 Å². The van der Waals surface area contributed by atoms with Crippen LogP contribution in [0.25, 0.3) is 5.70 Å². The Labute approximate surface area is 207 Å². The van der Waals surface area contributed by atoms with E-state index in [1.165, 1.54) is 18.5 Å². The summed E-state index contributed by atoms with van der Waals surface area (Å²) in [4.78, 5) is 21.2. The molecule has 0 aromatic carbocycles. The van der Waals surface area contributed by atoms with Crippen LogP contribution in [0.1, 0.15) is 69.2 Å². The molecule has 6 nitrogen and oxygen atoms in total. The van der Waals surface area contributed by atoms with E-state index in [0.29, 0.717) is 23.3 Å². The molecule has 0 bridgehead atoms. The van der Waals surface area contributed by atoms with Gasteiger partial charge < -0.3 is 14.6 Å². The van der Waals surface area contributed by atoms with Gasteiger partial charge >= 0.3 is 0 Å². The van der Waals surface area contributed by atoms with Crippen molar-refractivity contribution < 1.29 is 9.53 Å². The lowest BCUT2D eigenvalue weighted by atomic mass is 9.47. The van der Waals surface area contributed by atoms with Gasteiger partial charge in [-0.2, -0.15) is 0 Å². The number of allylic oxidation sites excluding steroid dienone is 3. The van der Waals surface area contributed by atoms with Crippen LogP contribution in [0.15, 0.2) is 54.8 Å². The maximum atomic E-state index is 12.7. The van der Waals surface area contributed by atoms with Gasteiger partial charge in [-0.1, -0.05) is 31.6 Å². The minimum atomic E-state index is 0.0180. The smallest absolute Gasteiger partial charge is 0.251 e. The van der Waals surface area contributed by atoms with Crippen molar-refractivity contribution in [2.24, 2.45) is 28.6 Å². The molecule has 1 amide bonds. The highest BCUT2D eigenvalue weighted by atomic mass is 16.5. The summed E-state index contributed by atoms with van der Waals surface area (Å²) < 4.78 is 7.54. The first-order valence-electron chi connectivity index (χ1n) is 13.1. The second-order valence-corrected chi connectivity index (χ2v) is 11.5. The Hall–Kier alpha value is -2.89. The minimum Gasteiger partial charge on any atom is -0.480 e. The molecule has 4 aliphatic carbocycles. The number of imidazole rings is 1. The van der Waals surface area contributed by atoms with Crippen LogP contribution in [-0.2, 0) is 0 Å². The number of fused-ring (bicyclic) bond motifs is 5. The molecule has 0 aliphatic heterocycles. The van der Waals surface area contributed by atoms with Gasteiger partial charge in [0.1, 0.15) is 6.33 Å². The van der Waals surface area contributed by atoms with E-state index in [1.807, 2.05) is 12.5 Å². The zero-order valence-corrected chi connectivity index (χ0v) is 21.0. The fourth-order valence-electron chi connectivity index (χ4n) is 8.04. The van der Waals surface area contributed by atoms with E-state index in [9.17, 15) is 4.79 Å². The number of pyridine rings is 1. The number of nitrogens with zero attached hydrogens (tertiary/aromatic N) is 3. The first-order valence-corrected chi connectivity index (χ1v) is 13.1. The lowest BCUT2D eigenvalue weighted by molar-refractivity contribution is -0.0137. The molecule has 184 valence electrons. The van der Waals surface area contributed by atoms with Crippen molar-refractivity contribution in [3.8, 4) is 5.88 Å². The van der Waals surface area contributed by atoms with Gasteiger partial charge in [0, 0.05) is 35.1 Å². The number of carbonyl (C=O) groups is 1. The highest BCUT2D eigenvalue weighted by Crippen LogP contribution is 2.65. The molecule has 1 N–H and O–H groups in total. The first-order chi connectivity index (χ1) is 16.9. The Morgan fingerprint density at radius 3 is 2.66 bits per heavy atom. The van der Waals surface area contributed by atoms with Gasteiger partial charge in [0.05, 0.1) is 13.3 Å². The molecule has 0 radical (unpaired) electrons. The molecule has 35 heavy (non-hydrogen) atoms. The van der Waals surface area contributed by atoms with Gasteiger partial charge in [0.15, 0.2) is 0 Å². The number of ether oxygens (including phenoxy) is 1. The van der Waals surface area contributed by atoms with Crippen LogP contribution in [0.4, 0.5) is 0 Å². The van der Waals surface area contributed by atoms with E-state index in [-0.39, 0.29) is 22.8 Å². The molecule has 6 heteroatoms. The molecule has 2 fully saturated rings. The van der Waals surface area contributed by atoms with Gasteiger partial charge in [-0.25, -0.2) is 4.98 Å². The Bertz CT molecular complexity index is 1180. The van der Waals surface area contributed by atoms with E-state index in [4.69, 9.17) is 4.74 Å². The molecular formula is C29H36N4O2. The number of amides is 1. The zero-order valence-electron chi connectivity index (χ0n) is 21.0. The summed E-state index contributed by atoms with van der Waals surface area (Å²) in [5, 5.41) is 3.30. The first kappa shape index (κ1) is 22.6. The Morgan fingerprint density at radius 2 is 1.89 bits per heavy atom. The number of aromatic nitrogens is 3. The second-order valence-electron chi connectivity index (χ2n) is 11.5.